The molecule has 0 bridgehead atoms. The van der Waals surface area contributed by atoms with Gasteiger partial charge in [-0.1, -0.05) is 64.5 Å². The van der Waals surface area contributed by atoms with Gasteiger partial charge in [-0.3, -0.25) is 0 Å². The zero-order chi connectivity index (χ0) is 25.2. The molecule has 0 N–H and O–H groups in total. The maximum Gasteiger partial charge on any atom is 0.137 e. The third-order valence-electron chi connectivity index (χ3n) is 7.29. The van der Waals surface area contributed by atoms with Crippen LogP contribution in [0.15, 0.2) is 130 Å². The summed E-state index contributed by atoms with van der Waals surface area (Å²) in [5.41, 5.74) is 5.05. The molecule has 38 heavy (non-hydrogen) atoms. The van der Waals surface area contributed by atoms with Crippen molar-refractivity contribution in [3.8, 4) is 0 Å². The summed E-state index contributed by atoms with van der Waals surface area (Å²) < 4.78 is 9.95. The molecule has 0 fully saturated rings. The molecule has 180 valence electrons. The summed E-state index contributed by atoms with van der Waals surface area (Å²) in [6.45, 7) is 0. The SMILES string of the molecule is Brc1ccc2c(c1)oc1cc(N(c3ccc4ccccc4c3)c3ccc4sc5ccccc5c4c3)ccc12. The fourth-order valence-corrected chi connectivity index (χ4v) is 6.92. The Kier molecular flexibility index (Phi) is 4.87. The Morgan fingerprint density at radius 3 is 2.08 bits per heavy atom. The molecule has 0 aliphatic carbocycles. The lowest BCUT2D eigenvalue weighted by Gasteiger charge is -2.26. The second-order valence-corrected chi connectivity index (χ2v) is 11.6. The minimum atomic E-state index is 0.878. The van der Waals surface area contributed by atoms with Crippen molar-refractivity contribution in [3.05, 3.63) is 126 Å². The molecule has 2 aromatic heterocycles. The van der Waals surface area contributed by atoms with Crippen molar-refractivity contribution < 1.29 is 4.42 Å². The number of fused-ring (bicyclic) bond motifs is 7. The van der Waals surface area contributed by atoms with E-state index in [1.807, 2.05) is 17.4 Å². The van der Waals surface area contributed by atoms with Crippen molar-refractivity contribution in [1.82, 2.24) is 0 Å². The molecule has 4 heteroatoms. The van der Waals surface area contributed by atoms with Crippen LogP contribution in [-0.4, -0.2) is 0 Å². The predicted octanol–water partition coefficient (Wildman–Crippen LogP) is 11.3. The van der Waals surface area contributed by atoms with Crippen LogP contribution in [-0.2, 0) is 0 Å². The van der Waals surface area contributed by atoms with Crippen molar-refractivity contribution in [2.75, 3.05) is 4.90 Å². The van der Waals surface area contributed by atoms with Crippen LogP contribution < -0.4 is 4.90 Å². The number of anilines is 3. The van der Waals surface area contributed by atoms with Gasteiger partial charge < -0.3 is 9.32 Å². The number of rotatable bonds is 3. The Hall–Kier alpha value is -4.12. The Labute approximate surface area is 231 Å². The molecule has 0 atom stereocenters. The first-order chi connectivity index (χ1) is 18.7. The van der Waals surface area contributed by atoms with Gasteiger partial charge in [0.25, 0.3) is 0 Å². The largest absolute Gasteiger partial charge is 0.456 e. The first-order valence-corrected chi connectivity index (χ1v) is 14.1. The lowest BCUT2D eigenvalue weighted by Crippen LogP contribution is -2.09. The second kappa shape index (κ2) is 8.45. The summed E-state index contributed by atoms with van der Waals surface area (Å²) in [4.78, 5) is 2.33. The van der Waals surface area contributed by atoms with Crippen LogP contribution in [0.1, 0.15) is 0 Å². The summed E-state index contributed by atoms with van der Waals surface area (Å²) in [5, 5.41) is 7.27. The van der Waals surface area contributed by atoms with Gasteiger partial charge in [-0.05, 0) is 77.5 Å². The molecule has 8 aromatic rings. The van der Waals surface area contributed by atoms with Gasteiger partial charge in [-0.25, -0.2) is 0 Å². The summed E-state index contributed by atoms with van der Waals surface area (Å²) in [6, 6.07) is 43.4. The Morgan fingerprint density at radius 2 is 1.16 bits per heavy atom. The predicted molar refractivity (Wildman–Crippen MR) is 166 cm³/mol. The molecule has 2 nitrogen and oxygen atoms in total. The molecule has 0 unspecified atom stereocenters. The summed E-state index contributed by atoms with van der Waals surface area (Å²) >= 11 is 5.42. The highest BCUT2D eigenvalue weighted by Crippen LogP contribution is 2.42. The molecular weight excluding hydrogens is 550 g/mol. The van der Waals surface area contributed by atoms with E-state index in [1.165, 1.54) is 30.9 Å². The van der Waals surface area contributed by atoms with Gasteiger partial charge in [-0.2, -0.15) is 0 Å². The number of benzene rings is 6. The number of hydrogen-bond donors (Lipinski definition) is 0. The van der Waals surface area contributed by atoms with Crippen LogP contribution in [0.25, 0.3) is 52.9 Å². The first kappa shape index (κ1) is 21.9. The zero-order valence-corrected chi connectivity index (χ0v) is 22.6. The third kappa shape index (κ3) is 3.45. The van der Waals surface area contributed by atoms with Gasteiger partial charge in [0.2, 0.25) is 0 Å². The van der Waals surface area contributed by atoms with Gasteiger partial charge >= 0.3 is 0 Å². The van der Waals surface area contributed by atoms with Crippen molar-refractivity contribution >= 4 is 97.2 Å². The monoisotopic (exact) mass is 569 g/mol. The molecule has 8 rings (SSSR count). The summed E-state index contributed by atoms with van der Waals surface area (Å²) in [5.74, 6) is 0. The summed E-state index contributed by atoms with van der Waals surface area (Å²) in [7, 11) is 0. The van der Waals surface area contributed by atoms with Crippen LogP contribution in [0.5, 0.6) is 0 Å². The standard InChI is InChI=1S/C34H20BrNOS/c35-23-10-14-27-28-15-12-26(20-32(28)37-31(27)18-23)36(24-11-9-21-5-1-2-6-22(21)17-24)25-13-16-34-30(19-25)29-7-3-4-8-33(29)38-34/h1-20H. The van der Waals surface area contributed by atoms with Gasteiger partial charge in [-0.15, -0.1) is 11.3 Å². The molecule has 2 heterocycles. The van der Waals surface area contributed by atoms with Crippen molar-refractivity contribution in [3.63, 3.8) is 0 Å². The van der Waals surface area contributed by atoms with Crippen molar-refractivity contribution in [2.24, 2.45) is 0 Å². The van der Waals surface area contributed by atoms with Crippen LogP contribution in [0.4, 0.5) is 17.1 Å². The number of hydrogen-bond acceptors (Lipinski definition) is 3. The van der Waals surface area contributed by atoms with Crippen molar-refractivity contribution in [2.45, 2.75) is 0 Å². The van der Waals surface area contributed by atoms with E-state index in [9.17, 15) is 0 Å². The van der Waals surface area contributed by atoms with Crippen LogP contribution in [0.2, 0.25) is 0 Å². The normalized spacial score (nSPS) is 11.8. The molecule has 0 amide bonds. The van der Waals surface area contributed by atoms with Crippen molar-refractivity contribution in [1.29, 1.82) is 0 Å². The van der Waals surface area contributed by atoms with Gasteiger partial charge in [0.05, 0.1) is 0 Å². The zero-order valence-electron chi connectivity index (χ0n) is 20.2. The summed E-state index contributed by atoms with van der Waals surface area (Å²) in [6.07, 6.45) is 0. The van der Waals surface area contributed by atoms with E-state index in [0.717, 1.165) is 43.5 Å². The molecule has 0 aliphatic heterocycles. The quantitative estimate of drug-likeness (QED) is 0.210. The van der Waals surface area contributed by atoms with Gasteiger partial charge in [0, 0.05) is 58.5 Å². The van der Waals surface area contributed by atoms with E-state index in [1.54, 1.807) is 0 Å². The van der Waals surface area contributed by atoms with Crippen LogP contribution >= 0.6 is 27.3 Å². The highest BCUT2D eigenvalue weighted by Gasteiger charge is 2.17. The average Bonchev–Trinajstić information content (AvgIpc) is 3.50. The molecule has 0 saturated carbocycles. The van der Waals surface area contributed by atoms with E-state index < -0.39 is 0 Å². The Morgan fingerprint density at radius 1 is 0.500 bits per heavy atom. The van der Waals surface area contributed by atoms with E-state index in [-0.39, 0.29) is 0 Å². The second-order valence-electron chi connectivity index (χ2n) is 9.57. The minimum absolute atomic E-state index is 0.878. The topological polar surface area (TPSA) is 16.4 Å². The smallest absolute Gasteiger partial charge is 0.137 e. The average molecular weight is 571 g/mol. The number of halogens is 1. The van der Waals surface area contributed by atoms with E-state index in [2.05, 4.69) is 136 Å². The maximum absolute atomic E-state index is 6.33. The minimum Gasteiger partial charge on any atom is -0.456 e. The first-order valence-electron chi connectivity index (χ1n) is 12.5. The fourth-order valence-electron chi connectivity index (χ4n) is 5.49. The highest BCUT2D eigenvalue weighted by atomic mass is 79.9. The molecule has 0 aliphatic rings. The molecule has 0 saturated heterocycles. The fraction of sp³-hybridized carbons (Fsp3) is 0. The van der Waals surface area contributed by atoms with Gasteiger partial charge in [0.15, 0.2) is 0 Å². The molecule has 0 spiro atoms. The molecule has 0 radical (unpaired) electrons. The van der Waals surface area contributed by atoms with Crippen LogP contribution in [0.3, 0.4) is 0 Å². The Bertz CT molecular complexity index is 2170. The van der Waals surface area contributed by atoms with E-state index >= 15 is 0 Å². The lowest BCUT2D eigenvalue weighted by atomic mass is 10.1. The van der Waals surface area contributed by atoms with Crippen LogP contribution in [0, 0.1) is 0 Å². The number of furan rings is 1. The highest BCUT2D eigenvalue weighted by molar-refractivity contribution is 9.10. The lowest BCUT2D eigenvalue weighted by molar-refractivity contribution is 0.668. The Balaban J connectivity index is 1.38. The third-order valence-corrected chi connectivity index (χ3v) is 8.93. The number of nitrogens with zero attached hydrogens (tertiary/aromatic N) is 1. The molecular formula is C34H20BrNOS. The van der Waals surface area contributed by atoms with Gasteiger partial charge in [0.1, 0.15) is 11.2 Å². The maximum atomic E-state index is 6.33. The number of thiophene rings is 1. The molecule has 6 aromatic carbocycles. The van der Waals surface area contributed by atoms with E-state index in [0.29, 0.717) is 0 Å². The van der Waals surface area contributed by atoms with E-state index in [4.69, 9.17) is 4.42 Å².